The monoisotopic (exact) mass is 402 g/mol. The van der Waals surface area contributed by atoms with Crippen molar-refractivity contribution < 1.29 is 18.3 Å². The van der Waals surface area contributed by atoms with Crippen LogP contribution in [0.5, 0.6) is 5.75 Å². The topological polar surface area (TPSA) is 81.3 Å². The molecule has 3 aromatic rings. The highest BCUT2D eigenvalue weighted by atomic mass is 19.3. The summed E-state index contributed by atoms with van der Waals surface area (Å²) in [4.78, 5) is 11.8. The van der Waals surface area contributed by atoms with Crippen molar-refractivity contribution in [1.82, 2.24) is 9.88 Å². The first-order valence-electron chi connectivity index (χ1n) is 9.46. The summed E-state index contributed by atoms with van der Waals surface area (Å²) in [6.45, 7) is 2.25. The molecule has 0 radical (unpaired) electrons. The predicted octanol–water partition coefficient (Wildman–Crippen LogP) is 5.04. The number of carbonyl (C=O) groups is 1. The molecular formula is C21H24F2N4O2. The Morgan fingerprint density at radius 1 is 1.17 bits per heavy atom. The molecule has 8 heteroatoms. The maximum Gasteiger partial charge on any atom is 0.387 e. The van der Waals surface area contributed by atoms with Crippen LogP contribution < -0.4 is 21.1 Å². The zero-order valence-electron chi connectivity index (χ0n) is 16.3. The average molecular weight is 402 g/mol. The second kappa shape index (κ2) is 8.81. The van der Waals surface area contributed by atoms with Crippen molar-refractivity contribution in [3.63, 3.8) is 0 Å². The number of nitrogens with one attached hydrogen (secondary N) is 2. The Hall–Kier alpha value is -3.29. The van der Waals surface area contributed by atoms with Gasteiger partial charge in [-0.25, -0.2) is 4.79 Å². The van der Waals surface area contributed by atoms with Crippen molar-refractivity contribution in [3.8, 4) is 17.0 Å². The van der Waals surface area contributed by atoms with Crippen molar-refractivity contribution >= 4 is 28.3 Å². The SMILES string of the molecule is CCCNC(=O)Nc1ccc(-c2c(N)c3ccc(OC(F)F)cc3n2CC)cc1. The number of carbonyl (C=O) groups excluding carboxylic acids is 1. The number of aromatic nitrogens is 1. The number of anilines is 2. The number of halogens is 2. The first-order chi connectivity index (χ1) is 13.9. The second-order valence-corrected chi connectivity index (χ2v) is 6.52. The van der Waals surface area contributed by atoms with Gasteiger partial charge in [-0.1, -0.05) is 19.1 Å². The minimum atomic E-state index is -2.89. The maximum absolute atomic E-state index is 12.6. The van der Waals surface area contributed by atoms with Crippen LogP contribution in [0.3, 0.4) is 0 Å². The van der Waals surface area contributed by atoms with Gasteiger partial charge < -0.3 is 25.7 Å². The summed E-state index contributed by atoms with van der Waals surface area (Å²) in [6, 6.07) is 11.8. The third kappa shape index (κ3) is 4.42. The molecule has 0 aliphatic carbocycles. The van der Waals surface area contributed by atoms with E-state index < -0.39 is 6.61 Å². The number of ether oxygens (including phenoxy) is 1. The van der Waals surface area contributed by atoms with Crippen molar-refractivity contribution in [1.29, 1.82) is 0 Å². The molecule has 0 atom stereocenters. The number of rotatable bonds is 7. The fraction of sp³-hybridized carbons (Fsp3) is 0.286. The van der Waals surface area contributed by atoms with Crippen LogP contribution >= 0.6 is 0 Å². The van der Waals surface area contributed by atoms with E-state index in [2.05, 4.69) is 15.4 Å². The van der Waals surface area contributed by atoms with Gasteiger partial charge in [-0.15, -0.1) is 0 Å². The minimum Gasteiger partial charge on any atom is -0.435 e. The van der Waals surface area contributed by atoms with Gasteiger partial charge in [0.25, 0.3) is 0 Å². The number of benzene rings is 2. The summed E-state index contributed by atoms with van der Waals surface area (Å²) in [5.74, 6) is 0.0869. The van der Waals surface area contributed by atoms with Gasteiger partial charge in [-0.2, -0.15) is 8.78 Å². The molecule has 0 aliphatic heterocycles. The molecule has 0 aliphatic rings. The molecule has 0 fully saturated rings. The number of amides is 2. The van der Waals surface area contributed by atoms with Crippen LogP contribution in [0.25, 0.3) is 22.2 Å². The van der Waals surface area contributed by atoms with Crippen LogP contribution in [0.4, 0.5) is 25.0 Å². The van der Waals surface area contributed by atoms with Gasteiger partial charge in [0, 0.05) is 35.8 Å². The minimum absolute atomic E-state index is 0.0869. The molecule has 2 amide bonds. The van der Waals surface area contributed by atoms with Crippen LogP contribution in [0.15, 0.2) is 42.5 Å². The first-order valence-corrected chi connectivity index (χ1v) is 9.46. The van der Waals surface area contributed by atoms with E-state index in [0.717, 1.165) is 28.6 Å². The normalized spacial score (nSPS) is 11.1. The van der Waals surface area contributed by atoms with Crippen molar-refractivity contribution in [2.24, 2.45) is 0 Å². The molecule has 3 rings (SSSR count). The van der Waals surface area contributed by atoms with E-state index in [0.29, 0.717) is 24.5 Å². The second-order valence-electron chi connectivity index (χ2n) is 6.52. The molecular weight excluding hydrogens is 378 g/mol. The number of hydrogen-bond acceptors (Lipinski definition) is 3. The Morgan fingerprint density at radius 2 is 1.90 bits per heavy atom. The number of fused-ring (bicyclic) bond motifs is 1. The van der Waals surface area contributed by atoms with Crippen LogP contribution in [0.2, 0.25) is 0 Å². The first kappa shape index (κ1) is 20.4. The van der Waals surface area contributed by atoms with Gasteiger partial charge in [-0.3, -0.25) is 0 Å². The summed E-state index contributed by atoms with van der Waals surface area (Å²) >= 11 is 0. The summed E-state index contributed by atoms with van der Waals surface area (Å²) in [5.41, 5.74) is 9.97. The highest BCUT2D eigenvalue weighted by Gasteiger charge is 2.17. The van der Waals surface area contributed by atoms with E-state index in [9.17, 15) is 13.6 Å². The zero-order valence-corrected chi connectivity index (χ0v) is 16.3. The molecule has 154 valence electrons. The van der Waals surface area contributed by atoms with E-state index in [1.807, 2.05) is 30.5 Å². The number of urea groups is 1. The molecule has 0 spiro atoms. The summed E-state index contributed by atoms with van der Waals surface area (Å²) in [7, 11) is 0. The van der Waals surface area contributed by atoms with Crippen LogP contribution in [0, 0.1) is 0 Å². The highest BCUT2D eigenvalue weighted by Crippen LogP contribution is 2.38. The van der Waals surface area contributed by atoms with Gasteiger partial charge in [0.05, 0.1) is 16.9 Å². The van der Waals surface area contributed by atoms with Gasteiger partial charge >= 0.3 is 12.6 Å². The smallest absolute Gasteiger partial charge is 0.387 e. The lowest BCUT2D eigenvalue weighted by atomic mass is 10.1. The van der Waals surface area contributed by atoms with Crippen LogP contribution in [0.1, 0.15) is 20.3 Å². The van der Waals surface area contributed by atoms with Gasteiger partial charge in [0.15, 0.2) is 0 Å². The molecule has 29 heavy (non-hydrogen) atoms. The summed E-state index contributed by atoms with van der Waals surface area (Å²) in [5, 5.41) is 6.29. The zero-order chi connectivity index (χ0) is 21.0. The van der Waals surface area contributed by atoms with E-state index in [-0.39, 0.29) is 11.8 Å². The summed E-state index contributed by atoms with van der Waals surface area (Å²) in [6.07, 6.45) is 0.858. The fourth-order valence-electron chi connectivity index (χ4n) is 3.30. The number of nitrogen functional groups attached to an aromatic ring is 1. The predicted molar refractivity (Wildman–Crippen MR) is 111 cm³/mol. The largest absolute Gasteiger partial charge is 0.435 e. The molecule has 4 N–H and O–H groups in total. The molecule has 0 unspecified atom stereocenters. The standard InChI is InChI=1S/C21H24F2N4O2/c1-3-11-25-21(28)26-14-7-5-13(6-8-14)19-18(24)16-10-9-15(29-20(22)23)12-17(16)27(19)4-2/h5-10,12,20H,3-4,11,24H2,1-2H3,(H2,25,26,28). The van der Waals surface area contributed by atoms with Crippen LogP contribution in [-0.4, -0.2) is 23.8 Å². The lowest BCUT2D eigenvalue weighted by Crippen LogP contribution is -2.29. The van der Waals surface area contributed by atoms with Gasteiger partial charge in [0.1, 0.15) is 5.75 Å². The maximum atomic E-state index is 12.6. The Bertz CT molecular complexity index is 1000. The third-order valence-electron chi connectivity index (χ3n) is 4.57. The van der Waals surface area contributed by atoms with Crippen molar-refractivity contribution in [2.75, 3.05) is 17.6 Å². The number of hydrogen-bond donors (Lipinski definition) is 3. The van der Waals surface area contributed by atoms with Gasteiger partial charge in [0.2, 0.25) is 0 Å². The Balaban J connectivity index is 1.94. The molecule has 0 saturated heterocycles. The molecule has 6 nitrogen and oxygen atoms in total. The lowest BCUT2D eigenvalue weighted by molar-refractivity contribution is -0.0497. The fourth-order valence-corrected chi connectivity index (χ4v) is 3.30. The highest BCUT2D eigenvalue weighted by molar-refractivity contribution is 6.01. The number of alkyl halides is 2. The molecule has 0 saturated carbocycles. The Morgan fingerprint density at radius 3 is 2.52 bits per heavy atom. The molecule has 1 aromatic heterocycles. The summed E-state index contributed by atoms with van der Waals surface area (Å²) < 4.78 is 31.6. The molecule has 2 aromatic carbocycles. The van der Waals surface area contributed by atoms with E-state index >= 15 is 0 Å². The average Bonchev–Trinajstić information content (AvgIpc) is 2.97. The number of nitrogens with zero attached hydrogens (tertiary/aromatic N) is 1. The number of nitrogens with two attached hydrogens (primary N) is 1. The molecule has 0 bridgehead atoms. The molecule has 1 heterocycles. The Kier molecular flexibility index (Phi) is 6.21. The number of aryl methyl sites for hydroxylation is 1. The Labute approximate surface area is 167 Å². The van der Waals surface area contributed by atoms with Crippen molar-refractivity contribution in [2.45, 2.75) is 33.4 Å². The van der Waals surface area contributed by atoms with E-state index in [4.69, 9.17) is 5.73 Å². The van der Waals surface area contributed by atoms with E-state index in [1.165, 1.54) is 6.07 Å². The van der Waals surface area contributed by atoms with Crippen LogP contribution in [-0.2, 0) is 6.54 Å². The van der Waals surface area contributed by atoms with Gasteiger partial charge in [-0.05, 0) is 37.6 Å². The quantitative estimate of drug-likeness (QED) is 0.518. The lowest BCUT2D eigenvalue weighted by Gasteiger charge is -2.11. The van der Waals surface area contributed by atoms with Crippen molar-refractivity contribution in [3.05, 3.63) is 42.5 Å². The third-order valence-corrected chi connectivity index (χ3v) is 4.57. The van der Waals surface area contributed by atoms with E-state index in [1.54, 1.807) is 24.3 Å².